The van der Waals surface area contributed by atoms with Crippen molar-refractivity contribution in [2.24, 2.45) is 0 Å². The minimum atomic E-state index is -0.793. The zero-order valence-corrected chi connectivity index (χ0v) is 33.9. The van der Waals surface area contributed by atoms with Gasteiger partial charge in [0.15, 0.2) is 0 Å². The van der Waals surface area contributed by atoms with Gasteiger partial charge >= 0.3 is 5.97 Å². The molecule has 0 saturated carbocycles. The Bertz CT molecular complexity index is 952. The number of rotatable bonds is 37. The van der Waals surface area contributed by atoms with Crippen molar-refractivity contribution in [1.82, 2.24) is 5.32 Å². The van der Waals surface area contributed by atoms with Gasteiger partial charge in [0.2, 0.25) is 5.91 Å². The number of ether oxygens (including phenoxy) is 1. The number of carbonyl (C=O) groups is 2. The van der Waals surface area contributed by atoms with Crippen LogP contribution in [-0.2, 0) is 14.3 Å². The Kier molecular flexibility index (Phi) is 37.9. The molecule has 300 valence electrons. The molecule has 0 aromatic rings. The number of unbranched alkanes of at least 4 members (excludes halogenated alkanes) is 15. The average molecular weight is 728 g/mol. The molecule has 3 N–H and O–H groups in total. The molecule has 6 heteroatoms. The van der Waals surface area contributed by atoms with Gasteiger partial charge < -0.3 is 20.3 Å². The first-order valence-electron chi connectivity index (χ1n) is 21.5. The minimum absolute atomic E-state index is 0.0532. The van der Waals surface area contributed by atoms with E-state index in [0.717, 1.165) is 77.0 Å². The van der Waals surface area contributed by atoms with Gasteiger partial charge in [0.05, 0.1) is 25.2 Å². The van der Waals surface area contributed by atoms with Crippen LogP contribution in [0.5, 0.6) is 0 Å². The Balaban J connectivity index is 4.57. The Morgan fingerprint density at radius 3 is 1.50 bits per heavy atom. The maximum atomic E-state index is 13.0. The lowest BCUT2D eigenvalue weighted by Gasteiger charge is -2.24. The molecule has 0 aromatic carbocycles. The highest BCUT2D eigenvalue weighted by molar-refractivity contribution is 5.77. The molecule has 0 aromatic heterocycles. The quantitative estimate of drug-likeness (QED) is 0.0336. The molecule has 0 bridgehead atoms. The summed E-state index contributed by atoms with van der Waals surface area (Å²) in [6.07, 6.45) is 47.3. The Morgan fingerprint density at radius 1 is 0.577 bits per heavy atom. The molecule has 0 spiro atoms. The lowest BCUT2D eigenvalue weighted by Crippen LogP contribution is -2.46. The third-order valence-electron chi connectivity index (χ3n) is 9.36. The van der Waals surface area contributed by atoms with Crippen molar-refractivity contribution in [2.45, 2.75) is 212 Å². The van der Waals surface area contributed by atoms with Crippen molar-refractivity contribution >= 4 is 11.9 Å². The zero-order chi connectivity index (χ0) is 38.2. The molecular formula is C46H81NO5. The van der Waals surface area contributed by atoms with Gasteiger partial charge in [-0.3, -0.25) is 9.59 Å². The fourth-order valence-electron chi connectivity index (χ4n) is 6.11. The van der Waals surface area contributed by atoms with Crippen LogP contribution in [0.25, 0.3) is 0 Å². The first kappa shape index (κ1) is 49.6. The van der Waals surface area contributed by atoms with Gasteiger partial charge in [-0.1, -0.05) is 178 Å². The second-order valence-corrected chi connectivity index (χ2v) is 14.4. The third-order valence-corrected chi connectivity index (χ3v) is 9.36. The van der Waals surface area contributed by atoms with E-state index < -0.39 is 18.2 Å². The standard InChI is InChI=1S/C46H81NO5/c1-4-7-10-13-16-18-19-20-21-22-23-24-25-27-30-33-36-39-46(51)52-42(37-34-31-28-15-12-9-6-3)40-45(50)47-43(41-48)44(49)38-35-32-29-26-17-14-11-8-5-2/h7,10,16,18,20-21,23-24,27,30,42-44,48-49H,4-6,8-9,11-15,17,19,22,25-26,28-29,31-41H2,1-3H3,(H,47,50)/b10-7-,18-16-,21-20-,24-23-,30-27-. The normalized spacial score (nSPS) is 14.0. The Hall–Kier alpha value is -2.44. The van der Waals surface area contributed by atoms with E-state index in [1.54, 1.807) is 0 Å². The van der Waals surface area contributed by atoms with Crippen LogP contribution in [0, 0.1) is 0 Å². The molecule has 0 aliphatic carbocycles. The molecule has 0 aliphatic rings. The van der Waals surface area contributed by atoms with Crippen molar-refractivity contribution in [2.75, 3.05) is 6.61 Å². The summed E-state index contributed by atoms with van der Waals surface area (Å²) < 4.78 is 5.83. The van der Waals surface area contributed by atoms with Crippen molar-refractivity contribution in [3.8, 4) is 0 Å². The van der Waals surface area contributed by atoms with E-state index in [1.807, 2.05) is 0 Å². The first-order valence-corrected chi connectivity index (χ1v) is 21.5. The van der Waals surface area contributed by atoms with Gasteiger partial charge in [-0.2, -0.15) is 0 Å². The summed E-state index contributed by atoms with van der Waals surface area (Å²) in [5.74, 6) is -0.554. The maximum Gasteiger partial charge on any atom is 0.306 e. The fraction of sp³-hybridized carbons (Fsp3) is 0.739. The molecule has 0 rings (SSSR count). The highest BCUT2D eigenvalue weighted by Crippen LogP contribution is 2.16. The van der Waals surface area contributed by atoms with Crippen molar-refractivity contribution in [3.63, 3.8) is 0 Å². The third kappa shape index (κ3) is 34.6. The second kappa shape index (κ2) is 39.8. The molecule has 0 radical (unpaired) electrons. The smallest absolute Gasteiger partial charge is 0.306 e. The van der Waals surface area contributed by atoms with Crippen LogP contribution in [0.4, 0.5) is 0 Å². The van der Waals surface area contributed by atoms with Crippen LogP contribution in [-0.4, -0.2) is 46.9 Å². The van der Waals surface area contributed by atoms with Gasteiger partial charge in [0, 0.05) is 6.42 Å². The van der Waals surface area contributed by atoms with Crippen LogP contribution in [0.3, 0.4) is 0 Å². The SMILES string of the molecule is CC/C=C\C/C=C\C/C=C\C/C=C\C/C=C\CCCC(=O)OC(CCCCCCCCC)CC(=O)NC(CO)C(O)CCCCCCCCCCC. The summed E-state index contributed by atoms with van der Waals surface area (Å²) in [5.41, 5.74) is 0. The average Bonchev–Trinajstić information content (AvgIpc) is 3.13. The van der Waals surface area contributed by atoms with Gasteiger partial charge in [0.1, 0.15) is 6.10 Å². The summed E-state index contributed by atoms with van der Waals surface area (Å²) in [7, 11) is 0. The van der Waals surface area contributed by atoms with Crippen molar-refractivity contribution in [1.29, 1.82) is 0 Å². The molecular weight excluding hydrogens is 647 g/mol. The monoisotopic (exact) mass is 728 g/mol. The zero-order valence-electron chi connectivity index (χ0n) is 33.9. The van der Waals surface area contributed by atoms with Crippen molar-refractivity contribution < 1.29 is 24.5 Å². The van der Waals surface area contributed by atoms with Gasteiger partial charge in [0.25, 0.3) is 0 Å². The predicted octanol–water partition coefficient (Wildman–Crippen LogP) is 12.1. The number of allylic oxidation sites excluding steroid dienone is 10. The molecule has 3 atom stereocenters. The Morgan fingerprint density at radius 2 is 1.02 bits per heavy atom. The number of nitrogens with one attached hydrogen (secondary N) is 1. The highest BCUT2D eigenvalue weighted by Gasteiger charge is 2.24. The molecule has 52 heavy (non-hydrogen) atoms. The molecule has 3 unspecified atom stereocenters. The summed E-state index contributed by atoms with van der Waals surface area (Å²) in [6.45, 7) is 6.27. The van der Waals surface area contributed by atoms with Crippen LogP contribution in [0.2, 0.25) is 0 Å². The summed E-state index contributed by atoms with van der Waals surface area (Å²) in [6, 6.07) is -0.708. The molecule has 1 amide bonds. The molecule has 0 heterocycles. The molecule has 0 aliphatic heterocycles. The van der Waals surface area contributed by atoms with E-state index >= 15 is 0 Å². The lowest BCUT2D eigenvalue weighted by molar-refractivity contribution is -0.151. The van der Waals surface area contributed by atoms with E-state index in [1.165, 1.54) is 64.2 Å². The lowest BCUT2D eigenvalue weighted by atomic mass is 10.0. The van der Waals surface area contributed by atoms with E-state index in [-0.39, 0.29) is 24.9 Å². The number of hydrogen-bond acceptors (Lipinski definition) is 5. The number of carbonyl (C=O) groups excluding carboxylic acids is 2. The molecule has 0 fully saturated rings. The van der Waals surface area contributed by atoms with E-state index in [9.17, 15) is 19.8 Å². The number of esters is 1. The van der Waals surface area contributed by atoms with Gasteiger partial charge in [-0.25, -0.2) is 0 Å². The van der Waals surface area contributed by atoms with Gasteiger partial charge in [-0.15, -0.1) is 0 Å². The Labute approximate surface area is 320 Å². The number of amides is 1. The summed E-state index contributed by atoms with van der Waals surface area (Å²) >= 11 is 0. The molecule has 0 saturated heterocycles. The largest absolute Gasteiger partial charge is 0.462 e. The van der Waals surface area contributed by atoms with Crippen molar-refractivity contribution in [3.05, 3.63) is 60.8 Å². The van der Waals surface area contributed by atoms with Crippen LogP contribution >= 0.6 is 0 Å². The second-order valence-electron chi connectivity index (χ2n) is 14.4. The number of aliphatic hydroxyl groups excluding tert-OH is 2. The molecule has 6 nitrogen and oxygen atoms in total. The minimum Gasteiger partial charge on any atom is -0.462 e. The first-order chi connectivity index (χ1) is 25.5. The maximum absolute atomic E-state index is 13.0. The highest BCUT2D eigenvalue weighted by atomic mass is 16.5. The number of aliphatic hydroxyl groups is 2. The fourth-order valence-corrected chi connectivity index (χ4v) is 6.11. The predicted molar refractivity (Wildman–Crippen MR) is 222 cm³/mol. The van der Waals surface area contributed by atoms with Crippen LogP contribution in [0.15, 0.2) is 60.8 Å². The summed E-state index contributed by atoms with van der Waals surface area (Å²) in [5, 5.41) is 23.5. The van der Waals surface area contributed by atoms with Crippen LogP contribution in [0.1, 0.15) is 194 Å². The summed E-state index contributed by atoms with van der Waals surface area (Å²) in [4.78, 5) is 25.8. The van der Waals surface area contributed by atoms with Crippen LogP contribution < -0.4 is 5.32 Å². The van der Waals surface area contributed by atoms with E-state index in [2.05, 4.69) is 86.8 Å². The van der Waals surface area contributed by atoms with E-state index in [0.29, 0.717) is 25.7 Å². The van der Waals surface area contributed by atoms with Gasteiger partial charge in [-0.05, 0) is 64.2 Å². The topological polar surface area (TPSA) is 95.9 Å². The number of hydrogen-bond donors (Lipinski definition) is 3. The van der Waals surface area contributed by atoms with E-state index in [4.69, 9.17) is 4.74 Å².